The number of para-hydroxylation sites is 1. The van der Waals surface area contributed by atoms with E-state index >= 15 is 0 Å². The molecule has 0 heterocycles. The summed E-state index contributed by atoms with van der Waals surface area (Å²) in [4.78, 5) is 11.8. The SMILES string of the molecule is CCCCCc1ccc(OCCCNC(=O)Oc2ccccc2)c(CCCCC)c1. The third-order valence-electron chi connectivity index (χ3n) is 5.05. The van der Waals surface area contributed by atoms with Crippen molar-refractivity contribution in [2.75, 3.05) is 13.2 Å². The maximum atomic E-state index is 11.8. The summed E-state index contributed by atoms with van der Waals surface area (Å²) in [5.41, 5.74) is 2.72. The molecule has 0 fully saturated rings. The highest BCUT2D eigenvalue weighted by atomic mass is 16.6. The molecule has 0 aliphatic heterocycles. The van der Waals surface area contributed by atoms with E-state index < -0.39 is 6.09 Å². The van der Waals surface area contributed by atoms with Crippen LogP contribution in [0.4, 0.5) is 4.79 Å². The topological polar surface area (TPSA) is 47.6 Å². The molecule has 2 aromatic carbocycles. The van der Waals surface area contributed by atoms with Gasteiger partial charge in [-0.3, -0.25) is 0 Å². The molecule has 0 saturated heterocycles. The van der Waals surface area contributed by atoms with Crippen LogP contribution in [0, 0.1) is 0 Å². The Bertz CT molecular complexity index is 730. The molecular formula is C26H37NO3. The van der Waals surface area contributed by atoms with Gasteiger partial charge in [0.2, 0.25) is 0 Å². The number of unbranched alkanes of at least 4 members (excludes halogenated alkanes) is 4. The molecule has 0 bridgehead atoms. The van der Waals surface area contributed by atoms with Gasteiger partial charge in [0.1, 0.15) is 11.5 Å². The van der Waals surface area contributed by atoms with E-state index in [-0.39, 0.29) is 0 Å². The summed E-state index contributed by atoms with van der Waals surface area (Å²) >= 11 is 0. The molecule has 4 nitrogen and oxygen atoms in total. The Labute approximate surface area is 182 Å². The number of carbonyl (C=O) groups excluding carboxylic acids is 1. The first-order chi connectivity index (χ1) is 14.7. The van der Waals surface area contributed by atoms with Gasteiger partial charge in [0.25, 0.3) is 0 Å². The van der Waals surface area contributed by atoms with Crippen LogP contribution in [0.1, 0.15) is 69.9 Å². The zero-order chi connectivity index (χ0) is 21.4. The third kappa shape index (κ3) is 9.34. The fraction of sp³-hybridized carbons (Fsp3) is 0.500. The average molecular weight is 412 g/mol. The van der Waals surface area contributed by atoms with E-state index in [4.69, 9.17) is 9.47 Å². The second-order valence-corrected chi connectivity index (χ2v) is 7.69. The van der Waals surface area contributed by atoms with Gasteiger partial charge >= 0.3 is 6.09 Å². The second-order valence-electron chi connectivity index (χ2n) is 7.69. The van der Waals surface area contributed by atoms with Gasteiger partial charge in [-0.2, -0.15) is 0 Å². The predicted octanol–water partition coefficient (Wildman–Crippen LogP) is 6.71. The summed E-state index contributed by atoms with van der Waals surface area (Å²) in [6.07, 6.45) is 9.93. The highest BCUT2D eigenvalue weighted by Gasteiger charge is 2.07. The highest BCUT2D eigenvalue weighted by Crippen LogP contribution is 2.24. The summed E-state index contributed by atoms with van der Waals surface area (Å²) in [5, 5.41) is 2.77. The molecule has 164 valence electrons. The first-order valence-electron chi connectivity index (χ1n) is 11.5. The maximum absolute atomic E-state index is 11.8. The van der Waals surface area contributed by atoms with E-state index in [1.54, 1.807) is 12.1 Å². The second kappa shape index (κ2) is 14.5. The van der Waals surface area contributed by atoms with Gasteiger partial charge in [-0.25, -0.2) is 4.79 Å². The standard InChI is InChI=1S/C26H37NO3/c1-3-5-8-13-22-17-18-25(23(21-22)14-9-6-4-2)29-20-12-19-27-26(28)30-24-15-10-7-11-16-24/h7,10-11,15-18,21H,3-6,8-9,12-14,19-20H2,1-2H3,(H,27,28). The van der Waals surface area contributed by atoms with Gasteiger partial charge in [0, 0.05) is 6.54 Å². The maximum Gasteiger partial charge on any atom is 0.412 e. The predicted molar refractivity (Wildman–Crippen MR) is 123 cm³/mol. The molecule has 0 atom stereocenters. The summed E-state index contributed by atoms with van der Waals surface area (Å²) < 4.78 is 11.3. The van der Waals surface area contributed by atoms with Crippen molar-refractivity contribution in [1.29, 1.82) is 0 Å². The van der Waals surface area contributed by atoms with Crippen LogP contribution in [-0.2, 0) is 12.8 Å². The first-order valence-corrected chi connectivity index (χ1v) is 11.5. The van der Waals surface area contributed by atoms with Gasteiger partial charge in [-0.15, -0.1) is 0 Å². The van der Waals surface area contributed by atoms with Crippen molar-refractivity contribution >= 4 is 6.09 Å². The van der Waals surface area contributed by atoms with Crippen LogP contribution in [0.3, 0.4) is 0 Å². The van der Waals surface area contributed by atoms with E-state index in [1.165, 1.54) is 49.7 Å². The van der Waals surface area contributed by atoms with E-state index in [2.05, 4.69) is 37.4 Å². The minimum absolute atomic E-state index is 0.433. The monoisotopic (exact) mass is 411 g/mol. The minimum atomic E-state index is -0.433. The highest BCUT2D eigenvalue weighted by molar-refractivity contribution is 5.70. The molecule has 0 radical (unpaired) electrons. The van der Waals surface area contributed by atoms with Crippen molar-refractivity contribution < 1.29 is 14.3 Å². The van der Waals surface area contributed by atoms with E-state index in [9.17, 15) is 4.79 Å². The number of aryl methyl sites for hydroxylation is 2. The van der Waals surface area contributed by atoms with Crippen LogP contribution in [0.5, 0.6) is 11.5 Å². The molecule has 0 aliphatic carbocycles. The molecule has 0 aromatic heterocycles. The fourth-order valence-electron chi connectivity index (χ4n) is 3.35. The van der Waals surface area contributed by atoms with Crippen molar-refractivity contribution in [3.63, 3.8) is 0 Å². The van der Waals surface area contributed by atoms with Crippen LogP contribution in [0.2, 0.25) is 0 Å². The summed E-state index contributed by atoms with van der Waals surface area (Å²) in [5.74, 6) is 1.53. The summed E-state index contributed by atoms with van der Waals surface area (Å²) in [7, 11) is 0. The quantitative estimate of drug-likeness (QED) is 0.351. The van der Waals surface area contributed by atoms with Gasteiger partial charge in [0.15, 0.2) is 0 Å². The van der Waals surface area contributed by atoms with E-state index in [0.717, 1.165) is 25.0 Å². The van der Waals surface area contributed by atoms with Crippen LogP contribution >= 0.6 is 0 Å². The zero-order valence-corrected chi connectivity index (χ0v) is 18.6. The molecule has 4 heteroatoms. The number of rotatable bonds is 14. The van der Waals surface area contributed by atoms with Crippen LogP contribution < -0.4 is 14.8 Å². The number of amides is 1. The smallest absolute Gasteiger partial charge is 0.412 e. The number of hydrogen-bond acceptors (Lipinski definition) is 3. The summed E-state index contributed by atoms with van der Waals surface area (Å²) in [6.45, 7) is 5.56. The lowest BCUT2D eigenvalue weighted by atomic mass is 10.00. The van der Waals surface area contributed by atoms with Crippen molar-refractivity contribution in [3.05, 3.63) is 59.7 Å². The largest absolute Gasteiger partial charge is 0.493 e. The Morgan fingerprint density at radius 1 is 0.867 bits per heavy atom. The lowest BCUT2D eigenvalue weighted by Gasteiger charge is -2.14. The molecule has 0 unspecified atom stereocenters. The lowest BCUT2D eigenvalue weighted by molar-refractivity contribution is 0.199. The number of ether oxygens (including phenoxy) is 2. The molecule has 30 heavy (non-hydrogen) atoms. The Kier molecular flexibility index (Phi) is 11.5. The molecule has 0 aliphatic rings. The average Bonchev–Trinajstić information content (AvgIpc) is 2.76. The fourth-order valence-corrected chi connectivity index (χ4v) is 3.35. The van der Waals surface area contributed by atoms with E-state index in [0.29, 0.717) is 18.9 Å². The van der Waals surface area contributed by atoms with Gasteiger partial charge in [0.05, 0.1) is 6.61 Å². The minimum Gasteiger partial charge on any atom is -0.493 e. The van der Waals surface area contributed by atoms with Crippen LogP contribution in [0.25, 0.3) is 0 Å². The molecular weight excluding hydrogens is 374 g/mol. The Morgan fingerprint density at radius 2 is 1.60 bits per heavy atom. The van der Waals surface area contributed by atoms with Gasteiger partial charge in [-0.1, -0.05) is 69.9 Å². The zero-order valence-electron chi connectivity index (χ0n) is 18.6. The number of benzene rings is 2. The Hall–Kier alpha value is -2.49. The Morgan fingerprint density at radius 3 is 2.33 bits per heavy atom. The van der Waals surface area contributed by atoms with Crippen molar-refractivity contribution in [2.45, 2.75) is 71.6 Å². The van der Waals surface area contributed by atoms with E-state index in [1.807, 2.05) is 18.2 Å². The van der Waals surface area contributed by atoms with Crippen molar-refractivity contribution in [1.82, 2.24) is 5.32 Å². The van der Waals surface area contributed by atoms with Gasteiger partial charge < -0.3 is 14.8 Å². The molecule has 2 aromatic rings. The lowest BCUT2D eigenvalue weighted by Crippen LogP contribution is -2.28. The third-order valence-corrected chi connectivity index (χ3v) is 5.05. The Balaban J connectivity index is 1.77. The first kappa shape index (κ1) is 23.8. The molecule has 1 amide bonds. The van der Waals surface area contributed by atoms with Crippen molar-refractivity contribution in [2.24, 2.45) is 0 Å². The molecule has 2 rings (SSSR count). The number of hydrogen-bond donors (Lipinski definition) is 1. The van der Waals surface area contributed by atoms with Crippen LogP contribution in [-0.4, -0.2) is 19.2 Å². The molecule has 1 N–H and O–H groups in total. The van der Waals surface area contributed by atoms with Gasteiger partial charge in [-0.05, 0) is 61.4 Å². The number of carbonyl (C=O) groups is 1. The van der Waals surface area contributed by atoms with Crippen LogP contribution in [0.15, 0.2) is 48.5 Å². The normalized spacial score (nSPS) is 10.6. The van der Waals surface area contributed by atoms with Crippen molar-refractivity contribution in [3.8, 4) is 11.5 Å². The molecule has 0 saturated carbocycles. The molecule has 0 spiro atoms. The summed E-state index contributed by atoms with van der Waals surface area (Å²) in [6, 6.07) is 15.7. The number of nitrogens with one attached hydrogen (secondary N) is 1.